The first-order chi connectivity index (χ1) is 16.5. The highest BCUT2D eigenvalue weighted by molar-refractivity contribution is 6.27. The van der Waals surface area contributed by atoms with Crippen molar-refractivity contribution in [2.24, 2.45) is 10.5 Å². The zero-order chi connectivity index (χ0) is 25.8. The zero-order valence-electron chi connectivity index (χ0n) is 21.2. The number of carbonyl (C=O) groups excluding carboxylic acids is 3. The number of rotatable bonds is 7. The molecule has 0 saturated heterocycles. The highest BCUT2D eigenvalue weighted by Gasteiger charge is 2.54. The minimum absolute atomic E-state index is 0.00528. The maximum Gasteiger partial charge on any atom is 0.302 e. The van der Waals surface area contributed by atoms with Crippen LogP contribution in [0.15, 0.2) is 59.7 Å². The second-order valence-electron chi connectivity index (χ2n) is 9.38. The van der Waals surface area contributed by atoms with Gasteiger partial charge in [0.05, 0.1) is 5.69 Å². The monoisotopic (exact) mass is 478 g/mol. The van der Waals surface area contributed by atoms with E-state index in [2.05, 4.69) is 39.8 Å². The van der Waals surface area contributed by atoms with Gasteiger partial charge in [0.25, 0.3) is 5.66 Å². The molecule has 3 rings (SSSR count). The van der Waals surface area contributed by atoms with Gasteiger partial charge in [0.15, 0.2) is 5.84 Å². The third-order valence-electron chi connectivity index (χ3n) is 5.67. The number of hydrazone groups is 1. The van der Waals surface area contributed by atoms with Crippen LogP contribution in [0, 0.1) is 5.41 Å². The normalized spacial score (nSPS) is 17.6. The van der Waals surface area contributed by atoms with Crippen LogP contribution < -0.4 is 25.9 Å². The van der Waals surface area contributed by atoms with E-state index >= 15 is 0 Å². The van der Waals surface area contributed by atoms with Gasteiger partial charge in [0.1, 0.15) is 0 Å². The van der Waals surface area contributed by atoms with Crippen LogP contribution in [0.25, 0.3) is 0 Å². The second kappa shape index (κ2) is 10.2. The highest BCUT2D eigenvalue weighted by atomic mass is 16.2. The summed E-state index contributed by atoms with van der Waals surface area (Å²) in [4.78, 5) is 41.3. The average Bonchev–Trinajstić information content (AvgIpc) is 3.06. The Hall–Kier alpha value is -3.88. The predicted octanol–water partition coefficient (Wildman–Crippen LogP) is 3.30. The summed E-state index contributed by atoms with van der Waals surface area (Å²) < 4.78 is 0. The number of hydrogen-bond donors (Lipinski definition) is 3. The van der Waals surface area contributed by atoms with Crippen LogP contribution in [-0.2, 0) is 14.4 Å². The molecule has 1 unspecified atom stereocenters. The summed E-state index contributed by atoms with van der Waals surface area (Å²) in [5.74, 6) is -1.35. The van der Waals surface area contributed by atoms with Gasteiger partial charge in [-0.05, 0) is 50.2 Å². The van der Waals surface area contributed by atoms with Crippen molar-refractivity contribution in [2.45, 2.75) is 47.2 Å². The maximum atomic E-state index is 13.9. The van der Waals surface area contributed by atoms with Gasteiger partial charge in [-0.25, -0.2) is 0 Å². The Labute approximate surface area is 206 Å². The number of hydrogen-bond acceptors (Lipinski definition) is 6. The number of nitrogens with zero attached hydrogens (tertiary/aromatic N) is 3. The molecule has 0 bridgehead atoms. The Balaban J connectivity index is 2.07. The van der Waals surface area contributed by atoms with Crippen molar-refractivity contribution in [3.63, 3.8) is 0 Å². The Kier molecular flexibility index (Phi) is 7.48. The molecule has 186 valence electrons. The molecule has 0 spiro atoms. The van der Waals surface area contributed by atoms with E-state index in [1.54, 1.807) is 45.0 Å². The van der Waals surface area contributed by atoms with E-state index in [1.165, 1.54) is 11.9 Å². The molecule has 2 aromatic rings. The number of benzene rings is 2. The summed E-state index contributed by atoms with van der Waals surface area (Å²) in [5.41, 5.74) is -0.437. The van der Waals surface area contributed by atoms with Crippen LogP contribution in [0.2, 0.25) is 0 Å². The summed E-state index contributed by atoms with van der Waals surface area (Å²) in [6.07, 6.45) is 0. The molecule has 0 radical (unpaired) electrons. The van der Waals surface area contributed by atoms with Crippen molar-refractivity contribution in [1.82, 2.24) is 10.6 Å². The number of para-hydroxylation sites is 1. The fraction of sp³-hybridized carbons (Fsp3) is 0.385. The molecule has 9 heteroatoms. The topological polar surface area (TPSA) is 106 Å². The molecule has 1 atom stereocenters. The lowest BCUT2D eigenvalue weighted by Crippen LogP contribution is -2.68. The quantitative estimate of drug-likeness (QED) is 0.530. The van der Waals surface area contributed by atoms with Crippen molar-refractivity contribution >= 4 is 40.6 Å². The van der Waals surface area contributed by atoms with Crippen molar-refractivity contribution in [1.29, 1.82) is 0 Å². The van der Waals surface area contributed by atoms with E-state index in [4.69, 9.17) is 0 Å². The average molecular weight is 479 g/mol. The van der Waals surface area contributed by atoms with Crippen molar-refractivity contribution < 1.29 is 14.4 Å². The molecule has 3 N–H and O–H groups in total. The van der Waals surface area contributed by atoms with Crippen LogP contribution in [0.1, 0.15) is 41.5 Å². The highest BCUT2D eigenvalue weighted by Crippen LogP contribution is 2.29. The molecule has 0 aliphatic carbocycles. The third kappa shape index (κ3) is 5.45. The lowest BCUT2D eigenvalue weighted by Gasteiger charge is -2.32. The van der Waals surface area contributed by atoms with Crippen LogP contribution in [0.3, 0.4) is 0 Å². The summed E-state index contributed by atoms with van der Waals surface area (Å²) in [5, 5.41) is 14.3. The maximum absolute atomic E-state index is 13.9. The van der Waals surface area contributed by atoms with Gasteiger partial charge in [-0.3, -0.25) is 14.4 Å². The van der Waals surface area contributed by atoms with Crippen LogP contribution >= 0.6 is 0 Å². The van der Waals surface area contributed by atoms with Gasteiger partial charge in [-0.1, -0.05) is 39.0 Å². The Morgan fingerprint density at radius 3 is 2.11 bits per heavy atom. The van der Waals surface area contributed by atoms with Gasteiger partial charge in [-0.15, -0.1) is 5.10 Å². The molecule has 1 aliphatic heterocycles. The van der Waals surface area contributed by atoms with E-state index in [-0.39, 0.29) is 11.7 Å². The molecule has 1 heterocycles. The first-order valence-corrected chi connectivity index (χ1v) is 11.7. The molecule has 9 nitrogen and oxygen atoms in total. The molecule has 35 heavy (non-hydrogen) atoms. The van der Waals surface area contributed by atoms with Gasteiger partial charge < -0.3 is 20.9 Å². The second-order valence-corrected chi connectivity index (χ2v) is 9.38. The van der Waals surface area contributed by atoms with Crippen LogP contribution in [-0.4, -0.2) is 42.3 Å². The van der Waals surface area contributed by atoms with Gasteiger partial charge in [-0.2, -0.15) is 5.01 Å². The number of nitrogens with one attached hydrogen (secondary N) is 3. The van der Waals surface area contributed by atoms with Gasteiger partial charge >= 0.3 is 5.91 Å². The Bertz CT molecular complexity index is 1100. The SMILES string of the molecule is CCN(CC)c1ccc(NC2(NC(C)=O)C(=O)N(c3ccccc3)N=C2NC(=O)C(C)(C)C)cc1. The Morgan fingerprint density at radius 2 is 1.60 bits per heavy atom. The lowest BCUT2D eigenvalue weighted by molar-refractivity contribution is -0.128. The molecule has 0 fully saturated rings. The standard InChI is InChI=1S/C26H34N6O3/c1-7-31(8-2)20-16-14-19(15-17-20)29-26(28-18(3)33)22(27-23(34)25(4,5)6)30-32(24(26)35)21-12-10-9-11-13-21/h9-17,29H,7-8H2,1-6H3,(H,28,33)(H,27,30,34). The van der Waals surface area contributed by atoms with E-state index in [0.717, 1.165) is 18.8 Å². The molecule has 3 amide bonds. The number of anilines is 3. The third-order valence-corrected chi connectivity index (χ3v) is 5.67. The predicted molar refractivity (Wildman–Crippen MR) is 139 cm³/mol. The van der Waals surface area contributed by atoms with Crippen molar-refractivity contribution in [2.75, 3.05) is 28.3 Å². The molecule has 0 aromatic heterocycles. The van der Waals surface area contributed by atoms with Crippen molar-refractivity contribution in [3.05, 3.63) is 54.6 Å². The molecule has 0 saturated carbocycles. The number of carbonyl (C=O) groups is 3. The minimum Gasteiger partial charge on any atom is -0.372 e. The summed E-state index contributed by atoms with van der Waals surface area (Å²) in [6.45, 7) is 12.5. The zero-order valence-corrected chi connectivity index (χ0v) is 21.2. The van der Waals surface area contributed by atoms with Gasteiger partial charge in [0.2, 0.25) is 11.8 Å². The fourth-order valence-corrected chi connectivity index (χ4v) is 3.72. The lowest BCUT2D eigenvalue weighted by atomic mass is 9.95. The van der Waals surface area contributed by atoms with E-state index in [1.807, 2.05) is 30.3 Å². The summed E-state index contributed by atoms with van der Waals surface area (Å²) >= 11 is 0. The number of amidine groups is 1. The van der Waals surface area contributed by atoms with E-state index in [9.17, 15) is 14.4 Å². The van der Waals surface area contributed by atoms with Gasteiger partial charge in [0, 0.05) is 36.8 Å². The summed E-state index contributed by atoms with van der Waals surface area (Å²) in [7, 11) is 0. The van der Waals surface area contributed by atoms with Crippen LogP contribution in [0.5, 0.6) is 0 Å². The van der Waals surface area contributed by atoms with Crippen LogP contribution in [0.4, 0.5) is 17.1 Å². The smallest absolute Gasteiger partial charge is 0.302 e. The Morgan fingerprint density at radius 1 is 1.00 bits per heavy atom. The first-order valence-electron chi connectivity index (χ1n) is 11.7. The first kappa shape index (κ1) is 25.7. The largest absolute Gasteiger partial charge is 0.372 e. The molecular weight excluding hydrogens is 444 g/mol. The minimum atomic E-state index is -1.81. The number of amides is 3. The van der Waals surface area contributed by atoms with Crippen molar-refractivity contribution in [3.8, 4) is 0 Å². The van der Waals surface area contributed by atoms with E-state index in [0.29, 0.717) is 11.4 Å². The molecule has 1 aliphatic rings. The van der Waals surface area contributed by atoms with E-state index < -0.39 is 22.9 Å². The fourth-order valence-electron chi connectivity index (χ4n) is 3.72. The summed E-state index contributed by atoms with van der Waals surface area (Å²) in [6, 6.07) is 16.4. The molecule has 2 aromatic carbocycles. The molecular formula is C26H34N6O3.